The predicted octanol–water partition coefficient (Wildman–Crippen LogP) is 4.58. The number of nitrogens with one attached hydrogen (secondary N) is 2. The second-order valence-electron chi connectivity index (χ2n) is 14.6. The molecule has 0 radical (unpaired) electrons. The lowest BCUT2D eigenvalue weighted by atomic mass is 9.97. The third kappa shape index (κ3) is 11.0. The minimum Gasteiger partial charge on any atom is -0.352 e. The number of nitrogens with zero attached hydrogens (tertiary/aromatic N) is 5. The fraction of sp³-hybridized carbons (Fsp3) is 0.714. The number of phosphoric acid groups is 1. The van der Waals surface area contributed by atoms with Crippen molar-refractivity contribution in [1.82, 2.24) is 23.8 Å². The third-order valence-electron chi connectivity index (χ3n) is 9.20. The molecule has 4 rings (SSSR count). The first kappa shape index (κ1) is 45.4. The molecule has 2 aliphatic heterocycles. The molecule has 2 fully saturated rings. The molecule has 2 N–H and O–H groups in total. The molecule has 0 aromatic carbocycles. The van der Waals surface area contributed by atoms with Crippen molar-refractivity contribution >= 4 is 16.3 Å². The maximum absolute atomic E-state index is 14.8. The van der Waals surface area contributed by atoms with Gasteiger partial charge >= 0.3 is 19.2 Å². The summed E-state index contributed by atoms with van der Waals surface area (Å²) in [5.41, 5.74) is -3.46. The van der Waals surface area contributed by atoms with Gasteiger partial charge in [0.15, 0.2) is 0 Å². The third-order valence-corrected chi connectivity index (χ3v) is 13.1. The van der Waals surface area contributed by atoms with Crippen molar-refractivity contribution in [2.45, 2.75) is 136 Å². The molecular weight excluding hydrogens is 772 g/mol. The number of hydrogen-bond donors (Lipinski definition) is 2. The summed E-state index contributed by atoms with van der Waals surface area (Å²) < 4.78 is 63.1. The second-order valence-corrected chi connectivity index (χ2v) is 17.6. The molecule has 0 saturated carbocycles. The van der Waals surface area contributed by atoms with E-state index in [0.717, 1.165) is 0 Å². The van der Waals surface area contributed by atoms with E-state index in [1.54, 1.807) is 27.7 Å². The van der Waals surface area contributed by atoms with Gasteiger partial charge in [0.2, 0.25) is 13.1 Å². The number of H-pyrrole nitrogens is 2. The molecule has 21 heteroatoms. The van der Waals surface area contributed by atoms with Gasteiger partial charge in [-0.05, 0) is 61.8 Å². The van der Waals surface area contributed by atoms with Crippen molar-refractivity contribution in [3.63, 3.8) is 0 Å². The maximum atomic E-state index is 14.8. The fourth-order valence-electron chi connectivity index (χ4n) is 6.66. The molecule has 2 unspecified atom stereocenters. The van der Waals surface area contributed by atoms with E-state index in [4.69, 9.17) is 45.2 Å². The predicted molar refractivity (Wildman–Crippen MR) is 206 cm³/mol. The first-order chi connectivity index (χ1) is 26.3. The minimum atomic E-state index is -4.61. The van der Waals surface area contributed by atoms with Gasteiger partial charge in [-0.2, -0.15) is 0 Å². The SMILES string of the molecule is [C-]#[N+]CCOP(O[C@@H]1C[C@H](n2cc(C)c(=O)[nH]c2=O)O[C@@H]1C(C)(C)OP(=O)(OCC[N+]#[C-])O[C@@H]1C[C@H](n2cc(C)c(=O)[nH]c2=O)O[C@@H]1CC)N(C(C)C)C(C)C. The Morgan fingerprint density at radius 3 is 1.95 bits per heavy atom. The van der Waals surface area contributed by atoms with Gasteiger partial charge in [0.25, 0.3) is 19.6 Å². The fourth-order valence-corrected chi connectivity index (χ4v) is 10.1. The average Bonchev–Trinajstić information content (AvgIpc) is 3.72. The van der Waals surface area contributed by atoms with Crippen molar-refractivity contribution in [3.05, 3.63) is 88.0 Å². The van der Waals surface area contributed by atoms with Crippen molar-refractivity contribution in [1.29, 1.82) is 0 Å². The summed E-state index contributed by atoms with van der Waals surface area (Å²) in [6.07, 6.45) is -2.10. The Morgan fingerprint density at radius 2 is 1.43 bits per heavy atom. The van der Waals surface area contributed by atoms with E-state index in [-0.39, 0.29) is 56.8 Å². The van der Waals surface area contributed by atoms with E-state index in [1.165, 1.54) is 21.5 Å². The zero-order chi connectivity index (χ0) is 41.5. The highest BCUT2D eigenvalue weighted by molar-refractivity contribution is 7.48. The van der Waals surface area contributed by atoms with E-state index in [0.29, 0.717) is 12.0 Å². The summed E-state index contributed by atoms with van der Waals surface area (Å²) in [5.74, 6) is 0. The number of aromatic nitrogens is 4. The maximum Gasteiger partial charge on any atom is 0.476 e. The number of phosphoric ester groups is 1. The molecule has 2 aromatic rings. The summed E-state index contributed by atoms with van der Waals surface area (Å²) >= 11 is 0. The minimum absolute atomic E-state index is 0.0383. The number of ether oxygens (including phenoxy) is 2. The van der Waals surface area contributed by atoms with Crippen molar-refractivity contribution < 1.29 is 36.7 Å². The quantitative estimate of drug-likeness (QED) is 0.113. The summed E-state index contributed by atoms with van der Waals surface area (Å²) in [5, 5.41) is 0. The molecule has 0 aliphatic carbocycles. The Morgan fingerprint density at radius 1 is 0.911 bits per heavy atom. The Kier molecular flexibility index (Phi) is 15.7. The van der Waals surface area contributed by atoms with Crippen LogP contribution in [0, 0.1) is 27.0 Å². The van der Waals surface area contributed by atoms with E-state index in [2.05, 4.69) is 19.7 Å². The van der Waals surface area contributed by atoms with E-state index >= 15 is 0 Å². The van der Waals surface area contributed by atoms with Crippen LogP contribution in [0.4, 0.5) is 0 Å². The summed E-state index contributed by atoms with van der Waals surface area (Å²) in [7, 11) is -6.44. The van der Waals surface area contributed by atoms with Crippen molar-refractivity contribution in [2.75, 3.05) is 26.3 Å². The summed E-state index contributed by atoms with van der Waals surface area (Å²) in [6.45, 7) is 30.4. The highest BCUT2D eigenvalue weighted by Crippen LogP contribution is 2.58. The van der Waals surface area contributed by atoms with Crippen LogP contribution >= 0.6 is 16.3 Å². The Hall–Kier alpha value is -3.32. The number of hydrogen-bond acceptors (Lipinski definition) is 13. The standard InChI is InChI=1S/C35H53N7O12P2/c1-12-25-26(17-28(50-25)40-19-23(6)31(43)38-33(40)45)53-56(47,49-16-14-37-11)54-35(8,9)30-27(18-29(51-30)41-20-24(7)32(44)39-34(41)46)52-55(48-15-13-36-10)42(21(2)3)22(4)5/h19-22,25-30H,12-18H2,1-9H3,(H,38,43,45)(H,39,44,46)/t25-,26-,27-,28-,29-,30+,55?,56?/m1/s1. The first-order valence-corrected chi connectivity index (χ1v) is 21.1. The van der Waals surface area contributed by atoms with Gasteiger partial charge in [-0.25, -0.2) is 32.0 Å². The molecule has 19 nitrogen and oxygen atoms in total. The molecule has 310 valence electrons. The largest absolute Gasteiger partial charge is 0.476 e. The van der Waals surface area contributed by atoms with E-state index < -0.39 is 81.3 Å². The lowest BCUT2D eigenvalue weighted by molar-refractivity contribution is -0.123. The molecule has 56 heavy (non-hydrogen) atoms. The second kappa shape index (κ2) is 19.4. The number of rotatable bonds is 19. The normalized spacial score (nSPS) is 24.4. The van der Waals surface area contributed by atoms with Gasteiger partial charge in [-0.3, -0.25) is 42.3 Å². The van der Waals surface area contributed by atoms with E-state index in [1.807, 2.05) is 39.3 Å². The van der Waals surface area contributed by atoms with Crippen LogP contribution in [0.2, 0.25) is 0 Å². The highest BCUT2D eigenvalue weighted by Gasteiger charge is 2.53. The zero-order valence-corrected chi connectivity index (χ0v) is 35.0. The van der Waals surface area contributed by atoms with Crippen molar-refractivity contribution in [3.8, 4) is 0 Å². The topological polar surface area (TPSA) is 203 Å². The molecule has 0 amide bonds. The summed E-state index contributed by atoms with van der Waals surface area (Å²) in [6, 6.07) is -0.0765. The Balaban J connectivity index is 1.72. The van der Waals surface area contributed by atoms with Gasteiger partial charge in [0, 0.05) is 48.4 Å². The Labute approximate surface area is 326 Å². The van der Waals surface area contributed by atoms with Crippen LogP contribution in [0.5, 0.6) is 0 Å². The van der Waals surface area contributed by atoms with Crippen molar-refractivity contribution in [2.24, 2.45) is 0 Å². The molecule has 2 saturated heterocycles. The number of aryl methyl sites for hydroxylation is 2. The Bertz CT molecular complexity index is 2030. The molecule has 8 atom stereocenters. The molecule has 4 heterocycles. The van der Waals surface area contributed by atoms with Crippen LogP contribution in [0.1, 0.15) is 91.3 Å². The van der Waals surface area contributed by atoms with Gasteiger partial charge < -0.3 is 28.2 Å². The van der Waals surface area contributed by atoms with Crippen LogP contribution in [0.3, 0.4) is 0 Å². The van der Waals surface area contributed by atoms with Crippen LogP contribution in [0.15, 0.2) is 31.6 Å². The van der Waals surface area contributed by atoms with Gasteiger partial charge in [-0.15, -0.1) is 0 Å². The van der Waals surface area contributed by atoms with Crippen LogP contribution in [0.25, 0.3) is 9.69 Å². The van der Waals surface area contributed by atoms with Crippen LogP contribution < -0.4 is 22.5 Å². The molecule has 2 aliphatic rings. The summed E-state index contributed by atoms with van der Waals surface area (Å²) in [4.78, 5) is 61.4. The van der Waals surface area contributed by atoms with Gasteiger partial charge in [0.1, 0.15) is 37.4 Å². The lowest BCUT2D eigenvalue weighted by Crippen LogP contribution is -2.46. The zero-order valence-electron chi connectivity index (χ0n) is 33.3. The smallest absolute Gasteiger partial charge is 0.352 e. The first-order valence-electron chi connectivity index (χ1n) is 18.5. The van der Waals surface area contributed by atoms with Gasteiger partial charge in [-0.1, -0.05) is 6.92 Å². The molecule has 2 aromatic heterocycles. The van der Waals surface area contributed by atoms with E-state index in [9.17, 15) is 23.7 Å². The van der Waals surface area contributed by atoms with Gasteiger partial charge in [0.05, 0.1) is 18.3 Å². The average molecular weight is 826 g/mol. The molecular formula is C35H53N7O12P2. The van der Waals surface area contributed by atoms with Crippen LogP contribution in [-0.4, -0.2) is 92.2 Å². The molecule has 0 spiro atoms. The monoisotopic (exact) mass is 825 g/mol. The highest BCUT2D eigenvalue weighted by atomic mass is 31.2. The van der Waals surface area contributed by atoms with Crippen LogP contribution in [-0.2, 0) is 36.7 Å². The molecule has 0 bridgehead atoms. The lowest BCUT2D eigenvalue weighted by Gasteiger charge is -2.40. The number of aromatic amines is 2.